The lowest BCUT2D eigenvalue weighted by molar-refractivity contribution is -0.111. The van der Waals surface area contributed by atoms with Crippen LogP contribution >= 0.6 is 11.6 Å². The molecule has 37 heavy (non-hydrogen) atoms. The van der Waals surface area contributed by atoms with E-state index in [4.69, 9.17) is 16.3 Å². The maximum atomic E-state index is 13.6. The van der Waals surface area contributed by atoms with Crippen molar-refractivity contribution in [1.29, 1.82) is 0 Å². The first-order valence-corrected chi connectivity index (χ1v) is 13.1. The van der Waals surface area contributed by atoms with Crippen LogP contribution in [-0.4, -0.2) is 46.0 Å². The minimum absolute atomic E-state index is 0.0107. The van der Waals surface area contributed by atoms with Crippen molar-refractivity contribution < 1.29 is 13.9 Å². The van der Waals surface area contributed by atoms with E-state index in [1.165, 1.54) is 31.3 Å². The van der Waals surface area contributed by atoms with E-state index in [1.807, 2.05) is 12.1 Å². The second kappa shape index (κ2) is 11.0. The number of nitrogens with zero attached hydrogens (tertiary/aromatic N) is 3. The molecule has 2 heterocycles. The number of carbonyl (C=O) groups is 1. The summed E-state index contributed by atoms with van der Waals surface area (Å²) in [4.78, 5) is 24.0. The van der Waals surface area contributed by atoms with Gasteiger partial charge in [0, 0.05) is 41.8 Å². The lowest BCUT2D eigenvalue weighted by Crippen LogP contribution is -2.32. The molecule has 194 valence electrons. The summed E-state index contributed by atoms with van der Waals surface area (Å²) in [5, 5.41) is 6.84. The molecule has 1 aliphatic carbocycles. The standard InChI is InChI=1S/C28H31ClFN5O2/c1-17-5-6-18(2)35(17)11-3-4-27(36)34-25-13-21-24(14-26(25)37-15-19-7-8-19)31-16-32-28(21)33-20-9-10-23(30)22(29)12-20/h3-4,9-10,12-14,16-19H,5-8,11,15H2,1-2H3,(H,34,36)(H,31,32,33). The minimum Gasteiger partial charge on any atom is -0.491 e. The molecule has 7 nitrogen and oxygen atoms in total. The van der Waals surface area contributed by atoms with Crippen molar-refractivity contribution in [2.24, 2.45) is 5.92 Å². The van der Waals surface area contributed by atoms with E-state index in [-0.39, 0.29) is 10.9 Å². The summed E-state index contributed by atoms with van der Waals surface area (Å²) >= 11 is 5.94. The Balaban J connectivity index is 1.39. The largest absolute Gasteiger partial charge is 0.491 e. The van der Waals surface area contributed by atoms with Gasteiger partial charge in [0.1, 0.15) is 23.7 Å². The smallest absolute Gasteiger partial charge is 0.248 e. The average molecular weight is 524 g/mol. The Morgan fingerprint density at radius 3 is 2.68 bits per heavy atom. The summed E-state index contributed by atoms with van der Waals surface area (Å²) in [6, 6.07) is 9.03. The molecular formula is C28H31ClFN5O2. The third-order valence-corrected chi connectivity index (χ3v) is 7.36. The summed E-state index contributed by atoms with van der Waals surface area (Å²) < 4.78 is 19.7. The number of rotatable bonds is 9. The van der Waals surface area contributed by atoms with Crippen LogP contribution in [0.3, 0.4) is 0 Å². The molecule has 9 heteroatoms. The first kappa shape index (κ1) is 25.4. The molecule has 0 radical (unpaired) electrons. The molecule has 0 spiro atoms. The third kappa shape index (κ3) is 6.19. The lowest BCUT2D eigenvalue weighted by atomic mass is 10.1. The molecule has 5 rings (SSSR count). The Morgan fingerprint density at radius 1 is 1.16 bits per heavy atom. The number of aromatic nitrogens is 2. The van der Waals surface area contributed by atoms with Crippen LogP contribution in [0.5, 0.6) is 5.75 Å². The van der Waals surface area contributed by atoms with Gasteiger partial charge in [-0.05, 0) is 69.7 Å². The molecule has 2 unspecified atom stereocenters. The van der Waals surface area contributed by atoms with Crippen molar-refractivity contribution in [1.82, 2.24) is 14.9 Å². The van der Waals surface area contributed by atoms with Gasteiger partial charge in [0.25, 0.3) is 0 Å². The number of amides is 1. The number of hydrogen-bond acceptors (Lipinski definition) is 6. The van der Waals surface area contributed by atoms with Gasteiger partial charge in [-0.2, -0.15) is 0 Å². The van der Waals surface area contributed by atoms with Crippen LogP contribution in [0.2, 0.25) is 5.02 Å². The van der Waals surface area contributed by atoms with Crippen LogP contribution in [0.15, 0.2) is 48.8 Å². The van der Waals surface area contributed by atoms with Crippen LogP contribution in [0.4, 0.5) is 21.6 Å². The summed E-state index contributed by atoms with van der Waals surface area (Å²) in [6.45, 7) is 5.78. The van der Waals surface area contributed by atoms with Crippen LogP contribution in [0.1, 0.15) is 39.5 Å². The molecule has 3 aromatic rings. The molecule has 1 aliphatic heterocycles. The van der Waals surface area contributed by atoms with Crippen molar-refractivity contribution in [2.45, 2.75) is 51.6 Å². The fourth-order valence-corrected chi connectivity index (χ4v) is 4.85. The predicted molar refractivity (Wildman–Crippen MR) is 145 cm³/mol. The van der Waals surface area contributed by atoms with Crippen LogP contribution < -0.4 is 15.4 Å². The molecule has 2 atom stereocenters. The number of halogens is 2. The highest BCUT2D eigenvalue weighted by Gasteiger charge is 2.26. The number of benzene rings is 2. The van der Waals surface area contributed by atoms with Gasteiger partial charge >= 0.3 is 0 Å². The quantitative estimate of drug-likeness (QED) is 0.319. The van der Waals surface area contributed by atoms with Crippen molar-refractivity contribution >= 4 is 45.6 Å². The number of anilines is 3. The van der Waals surface area contributed by atoms with E-state index in [1.54, 1.807) is 18.2 Å². The van der Waals surface area contributed by atoms with Gasteiger partial charge in [-0.1, -0.05) is 17.7 Å². The molecule has 1 saturated carbocycles. The monoisotopic (exact) mass is 523 g/mol. The van der Waals surface area contributed by atoms with Gasteiger partial charge in [0.2, 0.25) is 5.91 Å². The summed E-state index contributed by atoms with van der Waals surface area (Å²) in [7, 11) is 0. The van der Waals surface area contributed by atoms with Crippen LogP contribution in [0.25, 0.3) is 10.9 Å². The van der Waals surface area contributed by atoms with Gasteiger partial charge in [0.15, 0.2) is 0 Å². The minimum atomic E-state index is -0.496. The Morgan fingerprint density at radius 2 is 1.95 bits per heavy atom. The summed E-state index contributed by atoms with van der Waals surface area (Å²) in [5.41, 5.74) is 1.78. The Hall–Kier alpha value is -3.23. The fourth-order valence-electron chi connectivity index (χ4n) is 4.67. The van der Waals surface area contributed by atoms with E-state index in [0.717, 1.165) is 19.4 Å². The Labute approximate surface area is 221 Å². The first-order valence-electron chi connectivity index (χ1n) is 12.7. The molecule has 1 aromatic heterocycles. The fraction of sp³-hybridized carbons (Fsp3) is 0.393. The van der Waals surface area contributed by atoms with Gasteiger partial charge in [-0.15, -0.1) is 0 Å². The van der Waals surface area contributed by atoms with E-state index in [2.05, 4.69) is 39.3 Å². The number of fused-ring (bicyclic) bond motifs is 1. The maximum absolute atomic E-state index is 13.6. The van der Waals surface area contributed by atoms with Crippen molar-refractivity contribution in [3.8, 4) is 5.75 Å². The highest BCUT2D eigenvalue weighted by Crippen LogP contribution is 2.36. The number of likely N-dealkylation sites (tertiary alicyclic amines) is 1. The second-order valence-electron chi connectivity index (χ2n) is 9.96. The van der Waals surface area contributed by atoms with Crippen LogP contribution in [0, 0.1) is 11.7 Å². The molecule has 2 N–H and O–H groups in total. The lowest BCUT2D eigenvalue weighted by Gasteiger charge is -2.24. The Kier molecular flexibility index (Phi) is 7.58. The SMILES string of the molecule is CC1CCC(C)N1CC=CC(=O)Nc1cc2c(Nc3ccc(F)c(Cl)c3)ncnc2cc1OCC1CC1. The Bertz CT molecular complexity index is 1320. The van der Waals surface area contributed by atoms with E-state index < -0.39 is 5.82 Å². The first-order chi connectivity index (χ1) is 17.9. The van der Waals surface area contributed by atoms with Gasteiger partial charge in [-0.3, -0.25) is 9.69 Å². The van der Waals surface area contributed by atoms with Crippen molar-refractivity contribution in [3.63, 3.8) is 0 Å². The number of carbonyl (C=O) groups excluding carboxylic acids is 1. The van der Waals surface area contributed by atoms with Crippen molar-refractivity contribution in [3.05, 3.63) is 59.7 Å². The van der Waals surface area contributed by atoms with Gasteiger partial charge in [0.05, 0.1) is 22.8 Å². The van der Waals surface area contributed by atoms with Crippen molar-refractivity contribution in [2.75, 3.05) is 23.8 Å². The van der Waals surface area contributed by atoms with E-state index in [9.17, 15) is 9.18 Å². The molecule has 0 bridgehead atoms. The zero-order valence-corrected chi connectivity index (χ0v) is 21.8. The topological polar surface area (TPSA) is 79.4 Å². The zero-order chi connectivity index (χ0) is 25.9. The zero-order valence-electron chi connectivity index (χ0n) is 21.0. The highest BCUT2D eigenvalue weighted by molar-refractivity contribution is 6.31. The second-order valence-corrected chi connectivity index (χ2v) is 10.4. The molecule has 1 amide bonds. The number of hydrogen-bond donors (Lipinski definition) is 2. The molecule has 2 fully saturated rings. The number of ether oxygens (including phenoxy) is 1. The van der Waals surface area contributed by atoms with Gasteiger partial charge < -0.3 is 15.4 Å². The summed E-state index contributed by atoms with van der Waals surface area (Å²) in [6.07, 6.45) is 9.61. The molecule has 2 aromatic carbocycles. The summed E-state index contributed by atoms with van der Waals surface area (Å²) in [5.74, 6) is 0.895. The molecule has 2 aliphatic rings. The van der Waals surface area contributed by atoms with Gasteiger partial charge in [-0.25, -0.2) is 14.4 Å². The van der Waals surface area contributed by atoms with Crippen LogP contribution in [-0.2, 0) is 4.79 Å². The average Bonchev–Trinajstić information content (AvgIpc) is 3.65. The molecular weight excluding hydrogens is 493 g/mol. The van der Waals surface area contributed by atoms with E-state index in [0.29, 0.717) is 58.5 Å². The highest BCUT2D eigenvalue weighted by atomic mass is 35.5. The normalized spacial score (nSPS) is 20.0. The third-order valence-electron chi connectivity index (χ3n) is 7.07. The molecule has 1 saturated heterocycles. The van der Waals surface area contributed by atoms with E-state index >= 15 is 0 Å². The maximum Gasteiger partial charge on any atom is 0.248 e. The predicted octanol–water partition coefficient (Wildman–Crippen LogP) is 6.32. The number of nitrogens with one attached hydrogen (secondary N) is 2.